The summed E-state index contributed by atoms with van der Waals surface area (Å²) < 4.78 is 5.22. The molecule has 0 aliphatic rings. The highest BCUT2D eigenvalue weighted by molar-refractivity contribution is 7.80. The third-order valence-corrected chi connectivity index (χ3v) is 2.18. The molecular weight excluding hydrogens is 208 g/mol. The Morgan fingerprint density at radius 3 is 2.80 bits per heavy atom. The summed E-state index contributed by atoms with van der Waals surface area (Å²) in [5, 5.41) is 3.30. The third-order valence-electron chi connectivity index (χ3n) is 2.02. The number of thiocarbonyl (C=S) groups is 1. The highest BCUT2D eigenvalue weighted by Crippen LogP contribution is 2.24. The fourth-order valence-corrected chi connectivity index (χ4v) is 1.63. The van der Waals surface area contributed by atoms with Gasteiger partial charge in [0.1, 0.15) is 5.75 Å². The number of ether oxygens (including phenoxy) is 1. The molecule has 0 aliphatic heterocycles. The molecule has 0 bridgehead atoms. The zero-order valence-electron chi connectivity index (χ0n) is 8.99. The number of hydrogen-bond donors (Lipinski definition) is 2. The molecule has 82 valence electrons. The van der Waals surface area contributed by atoms with Crippen LogP contribution in [0.2, 0.25) is 0 Å². The van der Waals surface area contributed by atoms with Crippen molar-refractivity contribution in [3.63, 3.8) is 0 Å². The quantitative estimate of drug-likeness (QED) is 0.753. The van der Waals surface area contributed by atoms with Crippen LogP contribution in [0.15, 0.2) is 24.3 Å². The van der Waals surface area contributed by atoms with Crippen molar-refractivity contribution in [2.75, 3.05) is 12.4 Å². The van der Waals surface area contributed by atoms with Crippen LogP contribution in [0.3, 0.4) is 0 Å². The van der Waals surface area contributed by atoms with Crippen molar-refractivity contribution in [2.45, 2.75) is 19.4 Å². The van der Waals surface area contributed by atoms with Crippen LogP contribution in [0.5, 0.6) is 5.75 Å². The Kier molecular flexibility index (Phi) is 4.37. The van der Waals surface area contributed by atoms with Crippen molar-refractivity contribution in [1.29, 1.82) is 0 Å². The molecule has 1 rings (SSSR count). The van der Waals surface area contributed by atoms with Gasteiger partial charge in [-0.3, -0.25) is 0 Å². The van der Waals surface area contributed by atoms with Gasteiger partial charge in [0, 0.05) is 12.5 Å². The van der Waals surface area contributed by atoms with Crippen LogP contribution in [0.1, 0.15) is 13.3 Å². The van der Waals surface area contributed by atoms with Gasteiger partial charge in [0.05, 0.1) is 17.8 Å². The van der Waals surface area contributed by atoms with Gasteiger partial charge in [0.2, 0.25) is 0 Å². The summed E-state index contributed by atoms with van der Waals surface area (Å²) in [5.74, 6) is 0.826. The lowest BCUT2D eigenvalue weighted by Gasteiger charge is -2.16. The van der Waals surface area contributed by atoms with Crippen LogP contribution in [-0.4, -0.2) is 18.1 Å². The lowest BCUT2D eigenvalue weighted by atomic mass is 10.2. The first kappa shape index (κ1) is 11.8. The summed E-state index contributed by atoms with van der Waals surface area (Å²) in [5.41, 5.74) is 6.44. The van der Waals surface area contributed by atoms with Crippen LogP contribution in [0.25, 0.3) is 0 Å². The van der Waals surface area contributed by atoms with E-state index >= 15 is 0 Å². The molecule has 0 saturated carbocycles. The zero-order valence-corrected chi connectivity index (χ0v) is 9.80. The van der Waals surface area contributed by atoms with Crippen molar-refractivity contribution in [3.8, 4) is 5.75 Å². The Morgan fingerprint density at radius 1 is 1.53 bits per heavy atom. The summed E-state index contributed by atoms with van der Waals surface area (Å²) >= 11 is 4.86. The molecule has 3 N–H and O–H groups in total. The van der Waals surface area contributed by atoms with E-state index in [-0.39, 0.29) is 6.04 Å². The van der Waals surface area contributed by atoms with Crippen LogP contribution in [-0.2, 0) is 0 Å². The first-order valence-electron chi connectivity index (χ1n) is 4.81. The summed E-state index contributed by atoms with van der Waals surface area (Å²) in [4.78, 5) is 0.518. The first-order chi connectivity index (χ1) is 7.13. The number of anilines is 1. The number of benzene rings is 1. The van der Waals surface area contributed by atoms with Gasteiger partial charge < -0.3 is 15.8 Å². The second-order valence-corrected chi connectivity index (χ2v) is 3.94. The van der Waals surface area contributed by atoms with Crippen LogP contribution < -0.4 is 15.8 Å². The van der Waals surface area contributed by atoms with Gasteiger partial charge in [-0.25, -0.2) is 0 Å². The normalized spacial score (nSPS) is 11.9. The van der Waals surface area contributed by atoms with Gasteiger partial charge >= 0.3 is 0 Å². The number of hydrogen-bond acceptors (Lipinski definition) is 3. The van der Waals surface area contributed by atoms with Crippen molar-refractivity contribution in [2.24, 2.45) is 5.73 Å². The maximum atomic E-state index is 5.48. The Bertz CT molecular complexity index is 341. The number of para-hydroxylation sites is 2. The lowest BCUT2D eigenvalue weighted by molar-refractivity contribution is 0.416. The Balaban J connectivity index is 2.67. The van der Waals surface area contributed by atoms with Gasteiger partial charge in [-0.1, -0.05) is 24.4 Å². The van der Waals surface area contributed by atoms with Crippen molar-refractivity contribution in [1.82, 2.24) is 0 Å². The molecule has 0 saturated heterocycles. The SMILES string of the molecule is COc1ccccc1NC(C)CC(N)=S. The molecule has 0 aliphatic carbocycles. The summed E-state index contributed by atoms with van der Waals surface area (Å²) in [6.07, 6.45) is 0.674. The maximum Gasteiger partial charge on any atom is 0.141 e. The minimum atomic E-state index is 0.207. The largest absolute Gasteiger partial charge is 0.495 e. The highest BCUT2D eigenvalue weighted by atomic mass is 32.1. The second kappa shape index (κ2) is 5.56. The lowest BCUT2D eigenvalue weighted by Crippen LogP contribution is -2.22. The zero-order chi connectivity index (χ0) is 11.3. The molecule has 0 radical (unpaired) electrons. The molecule has 15 heavy (non-hydrogen) atoms. The smallest absolute Gasteiger partial charge is 0.141 e. The van der Waals surface area contributed by atoms with E-state index in [0.717, 1.165) is 11.4 Å². The molecule has 4 heteroatoms. The molecule has 0 spiro atoms. The van der Waals surface area contributed by atoms with E-state index in [1.807, 2.05) is 31.2 Å². The fraction of sp³-hybridized carbons (Fsp3) is 0.364. The van der Waals surface area contributed by atoms with Crippen molar-refractivity contribution >= 4 is 22.9 Å². The molecule has 3 nitrogen and oxygen atoms in total. The molecular formula is C11H16N2OS. The second-order valence-electron chi connectivity index (χ2n) is 3.42. The molecule has 1 aromatic rings. The maximum absolute atomic E-state index is 5.48. The van der Waals surface area contributed by atoms with E-state index in [2.05, 4.69) is 5.32 Å². The fourth-order valence-electron chi connectivity index (χ4n) is 1.38. The van der Waals surface area contributed by atoms with E-state index in [9.17, 15) is 0 Å². The molecule has 0 amide bonds. The average molecular weight is 224 g/mol. The molecule has 1 atom stereocenters. The Morgan fingerprint density at radius 2 is 2.20 bits per heavy atom. The standard InChI is InChI=1S/C11H16N2OS/c1-8(7-11(12)15)13-9-5-3-4-6-10(9)14-2/h3-6,8,13H,7H2,1-2H3,(H2,12,15). The molecule has 0 heterocycles. The third kappa shape index (κ3) is 3.75. The monoisotopic (exact) mass is 224 g/mol. The van der Waals surface area contributed by atoms with Gasteiger partial charge in [0.25, 0.3) is 0 Å². The van der Waals surface area contributed by atoms with Gasteiger partial charge in [0.15, 0.2) is 0 Å². The summed E-state index contributed by atoms with van der Waals surface area (Å²) in [6, 6.07) is 7.98. The Hall–Kier alpha value is -1.29. The van der Waals surface area contributed by atoms with Gasteiger partial charge in [-0.05, 0) is 19.1 Å². The predicted molar refractivity (Wildman–Crippen MR) is 67.5 cm³/mol. The van der Waals surface area contributed by atoms with E-state index in [4.69, 9.17) is 22.7 Å². The Labute approximate surface area is 95.6 Å². The van der Waals surface area contributed by atoms with Gasteiger partial charge in [-0.2, -0.15) is 0 Å². The average Bonchev–Trinajstić information content (AvgIpc) is 2.17. The first-order valence-corrected chi connectivity index (χ1v) is 5.22. The van der Waals surface area contributed by atoms with E-state index in [1.54, 1.807) is 7.11 Å². The molecule has 1 unspecified atom stereocenters. The number of methoxy groups -OCH3 is 1. The highest BCUT2D eigenvalue weighted by Gasteiger charge is 2.06. The summed E-state index contributed by atoms with van der Waals surface area (Å²) in [6.45, 7) is 2.03. The van der Waals surface area contributed by atoms with Crippen molar-refractivity contribution in [3.05, 3.63) is 24.3 Å². The minimum absolute atomic E-state index is 0.207. The van der Waals surface area contributed by atoms with Crippen molar-refractivity contribution < 1.29 is 4.74 Å². The number of rotatable bonds is 5. The number of nitrogens with two attached hydrogens (primary N) is 1. The van der Waals surface area contributed by atoms with Crippen LogP contribution in [0, 0.1) is 0 Å². The minimum Gasteiger partial charge on any atom is -0.495 e. The number of nitrogens with one attached hydrogen (secondary N) is 1. The van der Waals surface area contributed by atoms with E-state index in [0.29, 0.717) is 11.4 Å². The summed E-state index contributed by atoms with van der Waals surface area (Å²) in [7, 11) is 1.65. The molecule has 1 aromatic carbocycles. The van der Waals surface area contributed by atoms with E-state index in [1.165, 1.54) is 0 Å². The predicted octanol–water partition coefficient (Wildman–Crippen LogP) is 2.17. The molecule has 0 aromatic heterocycles. The van der Waals surface area contributed by atoms with Crippen LogP contribution in [0.4, 0.5) is 5.69 Å². The van der Waals surface area contributed by atoms with Crippen LogP contribution >= 0.6 is 12.2 Å². The van der Waals surface area contributed by atoms with Gasteiger partial charge in [-0.15, -0.1) is 0 Å². The molecule has 0 fully saturated rings. The topological polar surface area (TPSA) is 47.3 Å². The van der Waals surface area contributed by atoms with E-state index < -0.39 is 0 Å².